The van der Waals surface area contributed by atoms with Crippen molar-refractivity contribution in [3.05, 3.63) is 0 Å². The summed E-state index contributed by atoms with van der Waals surface area (Å²) >= 11 is 0. The highest BCUT2D eigenvalue weighted by Crippen LogP contribution is 2.42. The van der Waals surface area contributed by atoms with Crippen LogP contribution in [0.5, 0.6) is 0 Å². The first-order valence-corrected chi connectivity index (χ1v) is 9.44. The first kappa shape index (κ1) is 18.3. The molecule has 2 fully saturated rings. The van der Waals surface area contributed by atoms with Gasteiger partial charge in [-0.1, -0.05) is 38.5 Å². The molecule has 23 heavy (non-hydrogen) atoms. The molecule has 0 radical (unpaired) electrons. The van der Waals surface area contributed by atoms with Gasteiger partial charge in [0.15, 0.2) is 0 Å². The van der Waals surface area contributed by atoms with Gasteiger partial charge in [-0.2, -0.15) is 0 Å². The quantitative estimate of drug-likeness (QED) is 0.735. The molecule has 132 valence electrons. The van der Waals surface area contributed by atoms with Gasteiger partial charge in [0.05, 0.1) is 17.9 Å². The number of carbonyl (C=O) groups excluding carboxylic acids is 1. The van der Waals surface area contributed by atoms with Crippen molar-refractivity contribution in [3.8, 4) is 0 Å². The molecule has 2 saturated carbocycles. The molecule has 4 nitrogen and oxygen atoms in total. The van der Waals surface area contributed by atoms with Crippen LogP contribution >= 0.6 is 0 Å². The third kappa shape index (κ3) is 4.95. The normalized spacial score (nSPS) is 23.4. The van der Waals surface area contributed by atoms with E-state index in [2.05, 4.69) is 0 Å². The first-order chi connectivity index (χ1) is 11.0. The molecule has 2 aliphatic rings. The Balaban J connectivity index is 2.23. The van der Waals surface area contributed by atoms with Crippen LogP contribution in [0.1, 0.15) is 78.1 Å². The minimum absolute atomic E-state index is 0.132. The van der Waals surface area contributed by atoms with E-state index in [4.69, 9.17) is 4.74 Å². The number of carboxylic acids is 1. The number of carboxylic acid groups (broad SMARTS) is 1. The van der Waals surface area contributed by atoms with Crippen molar-refractivity contribution in [2.24, 2.45) is 23.7 Å². The van der Waals surface area contributed by atoms with Crippen molar-refractivity contribution in [1.82, 2.24) is 0 Å². The summed E-state index contributed by atoms with van der Waals surface area (Å²) in [7, 11) is 0. The Morgan fingerprint density at radius 3 is 1.65 bits per heavy atom. The van der Waals surface area contributed by atoms with Crippen LogP contribution in [0.2, 0.25) is 0 Å². The molecule has 2 atom stereocenters. The van der Waals surface area contributed by atoms with Gasteiger partial charge in [-0.05, 0) is 51.4 Å². The summed E-state index contributed by atoms with van der Waals surface area (Å²) in [6.07, 6.45) is 10.4. The van der Waals surface area contributed by atoms with Gasteiger partial charge in [-0.25, -0.2) is 0 Å². The molecule has 4 heteroatoms. The van der Waals surface area contributed by atoms with Crippen LogP contribution in [0.4, 0.5) is 0 Å². The molecule has 1 N–H and O–H groups in total. The molecule has 0 heterocycles. The van der Waals surface area contributed by atoms with Gasteiger partial charge in [-0.3, -0.25) is 9.59 Å². The van der Waals surface area contributed by atoms with Gasteiger partial charge in [0.1, 0.15) is 0 Å². The van der Waals surface area contributed by atoms with Gasteiger partial charge < -0.3 is 9.84 Å². The second-order valence-corrected chi connectivity index (χ2v) is 7.67. The van der Waals surface area contributed by atoms with E-state index in [1.54, 1.807) is 0 Å². The maximum atomic E-state index is 12.8. The molecule has 0 aromatic carbocycles. The zero-order valence-electron chi connectivity index (χ0n) is 14.6. The lowest BCUT2D eigenvalue weighted by atomic mass is 9.67. The highest BCUT2D eigenvalue weighted by Gasteiger charge is 2.45. The SMILES string of the molecule is CC(C)OC(=O)[C@H](C1CCCCC1)[C@@H](C(=O)O)C1CCCCC1. The van der Waals surface area contributed by atoms with Gasteiger partial charge in [0, 0.05) is 0 Å². The third-order valence-electron chi connectivity index (χ3n) is 5.61. The van der Waals surface area contributed by atoms with Crippen molar-refractivity contribution in [2.45, 2.75) is 84.2 Å². The van der Waals surface area contributed by atoms with Crippen LogP contribution in [0.15, 0.2) is 0 Å². The van der Waals surface area contributed by atoms with Crippen LogP contribution in [0.25, 0.3) is 0 Å². The summed E-state index contributed by atoms with van der Waals surface area (Å²) in [5.41, 5.74) is 0. The molecule has 0 unspecified atom stereocenters. The Morgan fingerprint density at radius 1 is 0.826 bits per heavy atom. The Morgan fingerprint density at radius 2 is 1.26 bits per heavy atom. The molecular weight excluding hydrogens is 292 g/mol. The Kier molecular flexibility index (Phi) is 6.91. The maximum Gasteiger partial charge on any atom is 0.310 e. The number of hydrogen-bond acceptors (Lipinski definition) is 3. The standard InChI is InChI=1S/C19H32O4/c1-13(2)23-19(22)17(15-11-7-4-8-12-15)16(18(20)21)14-9-5-3-6-10-14/h13-17H,3-12H2,1-2H3,(H,20,21)/t16-,17+/m0/s1. The van der Waals surface area contributed by atoms with Crippen LogP contribution in [0, 0.1) is 23.7 Å². The minimum Gasteiger partial charge on any atom is -0.481 e. The van der Waals surface area contributed by atoms with E-state index in [9.17, 15) is 14.7 Å². The predicted molar refractivity (Wildman–Crippen MR) is 89.0 cm³/mol. The lowest BCUT2D eigenvalue weighted by Gasteiger charge is -2.37. The summed E-state index contributed by atoms with van der Waals surface area (Å²) < 4.78 is 5.49. The van der Waals surface area contributed by atoms with E-state index in [1.807, 2.05) is 13.8 Å². The molecule has 2 aliphatic carbocycles. The molecule has 0 aromatic rings. The minimum atomic E-state index is -0.798. The van der Waals surface area contributed by atoms with Crippen LogP contribution in [-0.4, -0.2) is 23.1 Å². The van der Waals surface area contributed by atoms with Gasteiger partial charge in [-0.15, -0.1) is 0 Å². The summed E-state index contributed by atoms with van der Waals surface area (Å²) in [5.74, 6) is -1.79. The summed E-state index contributed by atoms with van der Waals surface area (Å²) in [6.45, 7) is 3.68. The van der Waals surface area contributed by atoms with E-state index in [-0.39, 0.29) is 23.9 Å². The van der Waals surface area contributed by atoms with E-state index < -0.39 is 17.8 Å². The first-order valence-electron chi connectivity index (χ1n) is 9.44. The zero-order chi connectivity index (χ0) is 16.8. The number of aliphatic carboxylic acids is 1. The van der Waals surface area contributed by atoms with Crippen molar-refractivity contribution >= 4 is 11.9 Å². The molecule has 0 aliphatic heterocycles. The average Bonchev–Trinajstić information content (AvgIpc) is 2.53. The zero-order valence-corrected chi connectivity index (χ0v) is 14.6. The monoisotopic (exact) mass is 324 g/mol. The van der Waals surface area contributed by atoms with Gasteiger partial charge in [0.2, 0.25) is 0 Å². The van der Waals surface area contributed by atoms with Crippen molar-refractivity contribution in [1.29, 1.82) is 0 Å². The maximum absolute atomic E-state index is 12.8. The van der Waals surface area contributed by atoms with Gasteiger partial charge in [0.25, 0.3) is 0 Å². The number of carbonyl (C=O) groups is 2. The van der Waals surface area contributed by atoms with E-state index >= 15 is 0 Å². The molecule has 2 rings (SSSR count). The van der Waals surface area contributed by atoms with E-state index in [1.165, 1.54) is 12.8 Å². The van der Waals surface area contributed by atoms with Crippen molar-refractivity contribution < 1.29 is 19.4 Å². The largest absolute Gasteiger partial charge is 0.481 e. The van der Waals surface area contributed by atoms with E-state index in [0.29, 0.717) is 0 Å². The van der Waals surface area contributed by atoms with Crippen LogP contribution in [-0.2, 0) is 14.3 Å². The number of ether oxygens (including phenoxy) is 1. The average molecular weight is 324 g/mol. The fraction of sp³-hybridized carbons (Fsp3) is 0.895. The summed E-state index contributed by atoms with van der Waals surface area (Å²) in [6, 6.07) is 0. The Labute approximate surface area is 140 Å². The highest BCUT2D eigenvalue weighted by molar-refractivity contribution is 5.81. The smallest absolute Gasteiger partial charge is 0.310 e. The molecule has 0 spiro atoms. The van der Waals surface area contributed by atoms with Crippen molar-refractivity contribution in [2.75, 3.05) is 0 Å². The predicted octanol–water partition coefficient (Wildman–Crippen LogP) is 4.42. The number of hydrogen-bond donors (Lipinski definition) is 1. The number of esters is 1. The molecule has 0 amide bonds. The van der Waals surface area contributed by atoms with Crippen LogP contribution < -0.4 is 0 Å². The lowest BCUT2D eigenvalue weighted by molar-refractivity contribution is -0.166. The van der Waals surface area contributed by atoms with Crippen molar-refractivity contribution in [3.63, 3.8) is 0 Å². The molecule has 0 bridgehead atoms. The summed E-state index contributed by atoms with van der Waals surface area (Å²) in [5, 5.41) is 9.90. The Bertz CT molecular complexity index is 392. The highest BCUT2D eigenvalue weighted by atomic mass is 16.5. The molecular formula is C19H32O4. The summed E-state index contributed by atoms with van der Waals surface area (Å²) in [4.78, 5) is 24.8. The third-order valence-corrected chi connectivity index (χ3v) is 5.61. The second kappa shape index (κ2) is 8.70. The topological polar surface area (TPSA) is 63.6 Å². The van der Waals surface area contributed by atoms with Gasteiger partial charge >= 0.3 is 11.9 Å². The molecule has 0 saturated heterocycles. The van der Waals surface area contributed by atoms with E-state index in [0.717, 1.165) is 51.4 Å². The molecule has 0 aromatic heterocycles. The Hall–Kier alpha value is -1.06. The van der Waals surface area contributed by atoms with Crippen LogP contribution in [0.3, 0.4) is 0 Å². The number of rotatable bonds is 6. The fourth-order valence-electron chi connectivity index (χ4n) is 4.58. The second-order valence-electron chi connectivity index (χ2n) is 7.67. The lowest BCUT2D eigenvalue weighted by Crippen LogP contribution is -2.42. The fourth-order valence-corrected chi connectivity index (χ4v) is 4.58.